The predicted molar refractivity (Wildman–Crippen MR) is 65.4 cm³/mol. The zero-order chi connectivity index (χ0) is 11.4. The largest absolute Gasteiger partial charge is 0.373 e. The minimum Gasteiger partial charge on any atom is -0.373 e. The molecule has 1 saturated heterocycles. The molecule has 1 fully saturated rings. The van der Waals surface area contributed by atoms with Crippen molar-refractivity contribution in [1.29, 1.82) is 0 Å². The number of anilines is 1. The Morgan fingerprint density at radius 2 is 2.31 bits per heavy atom. The van der Waals surface area contributed by atoms with E-state index in [9.17, 15) is 0 Å². The van der Waals surface area contributed by atoms with E-state index in [1.807, 2.05) is 0 Å². The van der Waals surface area contributed by atoms with Crippen molar-refractivity contribution in [3.05, 3.63) is 16.9 Å². The lowest BCUT2D eigenvalue weighted by Gasteiger charge is -2.29. The van der Waals surface area contributed by atoms with Crippen molar-refractivity contribution in [2.24, 2.45) is 0 Å². The Labute approximate surface area is 103 Å². The standard InChI is InChI=1S/C10H15BrN4O/c1-7(9-6-12-2-3-16-9)15-10-13-4-8(11)5-14-10/h4-5,7,9,12H,2-3,6H2,1H3,(H,13,14,15). The first-order valence-corrected chi connectivity index (χ1v) is 6.11. The molecule has 0 aromatic carbocycles. The molecule has 1 aliphatic heterocycles. The molecule has 1 aromatic rings. The van der Waals surface area contributed by atoms with Gasteiger partial charge in [-0.3, -0.25) is 0 Å². The van der Waals surface area contributed by atoms with Crippen molar-refractivity contribution in [3.63, 3.8) is 0 Å². The third kappa shape index (κ3) is 3.13. The van der Waals surface area contributed by atoms with Crippen LogP contribution < -0.4 is 10.6 Å². The summed E-state index contributed by atoms with van der Waals surface area (Å²) in [6.07, 6.45) is 3.62. The van der Waals surface area contributed by atoms with Crippen molar-refractivity contribution in [3.8, 4) is 0 Å². The maximum absolute atomic E-state index is 5.65. The van der Waals surface area contributed by atoms with Gasteiger partial charge in [0.2, 0.25) is 5.95 Å². The minimum absolute atomic E-state index is 0.168. The fourth-order valence-electron chi connectivity index (χ4n) is 1.59. The highest BCUT2D eigenvalue weighted by atomic mass is 79.9. The second-order valence-corrected chi connectivity index (χ2v) is 4.69. The third-order valence-electron chi connectivity index (χ3n) is 2.49. The Kier molecular flexibility index (Phi) is 4.09. The molecule has 1 aliphatic rings. The van der Waals surface area contributed by atoms with Crippen LogP contribution in [0.2, 0.25) is 0 Å². The van der Waals surface area contributed by atoms with Gasteiger partial charge in [-0.05, 0) is 22.9 Å². The van der Waals surface area contributed by atoms with Crippen molar-refractivity contribution in [2.45, 2.75) is 19.1 Å². The van der Waals surface area contributed by atoms with Gasteiger partial charge >= 0.3 is 0 Å². The van der Waals surface area contributed by atoms with Crippen LogP contribution >= 0.6 is 15.9 Å². The Hall–Kier alpha value is -0.720. The number of nitrogens with one attached hydrogen (secondary N) is 2. The van der Waals surface area contributed by atoms with E-state index in [0.29, 0.717) is 5.95 Å². The van der Waals surface area contributed by atoms with Crippen LogP contribution in [0.1, 0.15) is 6.92 Å². The molecule has 0 saturated carbocycles. The van der Waals surface area contributed by atoms with Gasteiger partial charge in [0.25, 0.3) is 0 Å². The second-order valence-electron chi connectivity index (χ2n) is 3.77. The van der Waals surface area contributed by atoms with Crippen LogP contribution in [0.5, 0.6) is 0 Å². The minimum atomic E-state index is 0.168. The van der Waals surface area contributed by atoms with Gasteiger partial charge in [0.15, 0.2) is 0 Å². The first-order chi connectivity index (χ1) is 7.75. The van der Waals surface area contributed by atoms with Crippen LogP contribution in [0.3, 0.4) is 0 Å². The van der Waals surface area contributed by atoms with Gasteiger partial charge in [-0.2, -0.15) is 0 Å². The average Bonchev–Trinajstić information content (AvgIpc) is 2.33. The first kappa shape index (κ1) is 11.8. The lowest BCUT2D eigenvalue weighted by molar-refractivity contribution is 0.0200. The molecule has 2 atom stereocenters. The van der Waals surface area contributed by atoms with E-state index in [2.05, 4.69) is 43.5 Å². The van der Waals surface area contributed by atoms with E-state index in [-0.39, 0.29) is 12.1 Å². The summed E-state index contributed by atoms with van der Waals surface area (Å²) in [5, 5.41) is 6.53. The van der Waals surface area contributed by atoms with E-state index in [0.717, 1.165) is 24.2 Å². The van der Waals surface area contributed by atoms with Crippen LogP contribution in [0.15, 0.2) is 16.9 Å². The molecule has 0 bridgehead atoms. The second kappa shape index (κ2) is 5.56. The van der Waals surface area contributed by atoms with Crippen LogP contribution in [0.25, 0.3) is 0 Å². The molecule has 2 rings (SSSR count). The number of hydrogen-bond donors (Lipinski definition) is 2. The molecule has 0 spiro atoms. The van der Waals surface area contributed by atoms with E-state index >= 15 is 0 Å². The molecule has 0 radical (unpaired) electrons. The summed E-state index contributed by atoms with van der Waals surface area (Å²) in [5.41, 5.74) is 0. The molecular weight excluding hydrogens is 272 g/mol. The number of morpholine rings is 1. The smallest absolute Gasteiger partial charge is 0.222 e. The molecule has 1 aromatic heterocycles. The third-order valence-corrected chi connectivity index (χ3v) is 2.90. The van der Waals surface area contributed by atoms with Gasteiger partial charge in [-0.15, -0.1) is 0 Å². The lowest BCUT2D eigenvalue weighted by atomic mass is 10.1. The predicted octanol–water partition coefficient (Wildman–Crippen LogP) is 1.03. The van der Waals surface area contributed by atoms with Crippen molar-refractivity contribution in [2.75, 3.05) is 25.0 Å². The highest BCUT2D eigenvalue weighted by Crippen LogP contribution is 2.10. The van der Waals surface area contributed by atoms with Gasteiger partial charge in [0, 0.05) is 25.5 Å². The average molecular weight is 287 g/mol. The Morgan fingerprint density at radius 3 is 2.94 bits per heavy atom. The summed E-state index contributed by atoms with van der Waals surface area (Å²) in [6.45, 7) is 4.63. The van der Waals surface area contributed by atoms with E-state index in [4.69, 9.17) is 4.74 Å². The summed E-state index contributed by atoms with van der Waals surface area (Å²) < 4.78 is 6.52. The van der Waals surface area contributed by atoms with Crippen LogP contribution in [0.4, 0.5) is 5.95 Å². The maximum atomic E-state index is 5.65. The van der Waals surface area contributed by atoms with Crippen molar-refractivity contribution in [1.82, 2.24) is 15.3 Å². The normalized spacial score (nSPS) is 22.8. The molecule has 2 heterocycles. The molecule has 88 valence electrons. The van der Waals surface area contributed by atoms with Gasteiger partial charge in [0.1, 0.15) is 0 Å². The Balaban J connectivity index is 1.90. The van der Waals surface area contributed by atoms with E-state index in [1.54, 1.807) is 12.4 Å². The van der Waals surface area contributed by atoms with Crippen LogP contribution in [0, 0.1) is 0 Å². The van der Waals surface area contributed by atoms with Crippen molar-refractivity contribution < 1.29 is 4.74 Å². The molecular formula is C10H15BrN4O. The number of nitrogens with zero attached hydrogens (tertiary/aromatic N) is 2. The van der Waals surface area contributed by atoms with Crippen LogP contribution in [-0.4, -0.2) is 41.8 Å². The monoisotopic (exact) mass is 286 g/mol. The zero-order valence-corrected chi connectivity index (χ0v) is 10.7. The maximum Gasteiger partial charge on any atom is 0.222 e. The van der Waals surface area contributed by atoms with E-state index < -0.39 is 0 Å². The highest BCUT2D eigenvalue weighted by Gasteiger charge is 2.20. The molecule has 2 unspecified atom stereocenters. The molecule has 2 N–H and O–H groups in total. The summed E-state index contributed by atoms with van der Waals surface area (Å²) in [4.78, 5) is 8.34. The fourth-order valence-corrected chi connectivity index (χ4v) is 1.79. The lowest BCUT2D eigenvalue weighted by Crippen LogP contribution is -2.46. The van der Waals surface area contributed by atoms with E-state index in [1.165, 1.54) is 0 Å². The topological polar surface area (TPSA) is 59.1 Å². The van der Waals surface area contributed by atoms with Gasteiger partial charge in [0.05, 0.1) is 23.2 Å². The number of halogens is 1. The Morgan fingerprint density at radius 1 is 1.56 bits per heavy atom. The van der Waals surface area contributed by atoms with Gasteiger partial charge < -0.3 is 15.4 Å². The highest BCUT2D eigenvalue weighted by molar-refractivity contribution is 9.10. The molecule has 0 aliphatic carbocycles. The molecule has 6 heteroatoms. The van der Waals surface area contributed by atoms with Gasteiger partial charge in [-0.1, -0.05) is 0 Å². The molecule has 0 amide bonds. The number of rotatable bonds is 3. The van der Waals surface area contributed by atoms with Crippen molar-refractivity contribution >= 4 is 21.9 Å². The zero-order valence-electron chi connectivity index (χ0n) is 9.11. The molecule has 16 heavy (non-hydrogen) atoms. The van der Waals surface area contributed by atoms with Gasteiger partial charge in [-0.25, -0.2) is 9.97 Å². The first-order valence-electron chi connectivity index (χ1n) is 5.32. The summed E-state index contributed by atoms with van der Waals surface area (Å²) in [6, 6.07) is 0.189. The quantitative estimate of drug-likeness (QED) is 0.869. The Bertz CT molecular complexity index is 326. The fraction of sp³-hybridized carbons (Fsp3) is 0.600. The molecule has 5 nitrogen and oxygen atoms in total. The summed E-state index contributed by atoms with van der Waals surface area (Å²) >= 11 is 3.30. The number of ether oxygens (including phenoxy) is 1. The number of aromatic nitrogens is 2. The summed E-state index contributed by atoms with van der Waals surface area (Å²) in [7, 11) is 0. The number of hydrogen-bond acceptors (Lipinski definition) is 5. The van der Waals surface area contributed by atoms with Crippen LogP contribution in [-0.2, 0) is 4.74 Å². The SMILES string of the molecule is CC(Nc1ncc(Br)cn1)C1CNCCO1. The summed E-state index contributed by atoms with van der Waals surface area (Å²) in [5.74, 6) is 0.630.